The average Bonchev–Trinajstić information content (AvgIpc) is 3.00. The van der Waals surface area contributed by atoms with E-state index in [2.05, 4.69) is 50.3 Å². The van der Waals surface area contributed by atoms with Crippen molar-refractivity contribution >= 4 is 39.9 Å². The number of rotatable bonds is 4. The van der Waals surface area contributed by atoms with Crippen LogP contribution in [0.5, 0.6) is 0 Å². The van der Waals surface area contributed by atoms with E-state index in [-0.39, 0.29) is 0 Å². The molecule has 1 saturated carbocycles. The maximum Gasteiger partial charge on any atom is 0.191 e. The van der Waals surface area contributed by atoms with Gasteiger partial charge in [0.05, 0.1) is 2.88 Å². The summed E-state index contributed by atoms with van der Waals surface area (Å²) in [6.07, 6.45) is 3.63. The molecule has 1 aromatic heterocycles. The highest BCUT2D eigenvalue weighted by Gasteiger charge is 2.21. The molecule has 2 N–H and O–H groups in total. The zero-order valence-electron chi connectivity index (χ0n) is 9.29. The van der Waals surface area contributed by atoms with E-state index in [1.54, 1.807) is 0 Å². The Hall–Kier alpha value is -0.300. The van der Waals surface area contributed by atoms with E-state index >= 15 is 0 Å². The van der Waals surface area contributed by atoms with Gasteiger partial charge in [-0.1, -0.05) is 0 Å². The van der Waals surface area contributed by atoms with Crippen LogP contribution in [0, 0.1) is 2.88 Å². The predicted molar refractivity (Wildman–Crippen MR) is 78.3 cm³/mol. The maximum absolute atomic E-state index is 4.20. The van der Waals surface area contributed by atoms with Gasteiger partial charge in [0.15, 0.2) is 5.96 Å². The third-order valence-corrected chi connectivity index (χ3v) is 4.39. The van der Waals surface area contributed by atoms with E-state index in [9.17, 15) is 0 Å². The second-order valence-corrected chi connectivity index (χ2v) is 6.94. The molecule has 3 nitrogen and oxygen atoms in total. The van der Waals surface area contributed by atoms with Crippen molar-refractivity contribution in [3.63, 3.8) is 0 Å². The van der Waals surface area contributed by atoms with Gasteiger partial charge in [-0.3, -0.25) is 4.99 Å². The maximum atomic E-state index is 4.20. The van der Waals surface area contributed by atoms with Crippen LogP contribution in [0.1, 0.15) is 17.7 Å². The van der Waals surface area contributed by atoms with Crippen LogP contribution in [0.2, 0.25) is 0 Å². The van der Waals surface area contributed by atoms with Crippen molar-refractivity contribution in [3.8, 4) is 0 Å². The van der Waals surface area contributed by atoms with Crippen LogP contribution < -0.4 is 10.6 Å². The molecule has 0 atom stereocenters. The second kappa shape index (κ2) is 5.86. The van der Waals surface area contributed by atoms with Gasteiger partial charge in [0, 0.05) is 24.5 Å². The first kappa shape index (κ1) is 12.2. The van der Waals surface area contributed by atoms with Crippen LogP contribution in [0.15, 0.2) is 17.1 Å². The molecule has 1 fully saturated rings. The molecule has 0 aromatic carbocycles. The van der Waals surface area contributed by atoms with E-state index in [4.69, 9.17) is 0 Å². The highest BCUT2D eigenvalue weighted by Crippen LogP contribution is 2.19. The lowest BCUT2D eigenvalue weighted by Gasteiger charge is -2.10. The van der Waals surface area contributed by atoms with Gasteiger partial charge in [-0.2, -0.15) is 0 Å². The highest BCUT2D eigenvalue weighted by molar-refractivity contribution is 14.1. The monoisotopic (exact) mass is 349 g/mol. The Labute approximate surface area is 114 Å². The van der Waals surface area contributed by atoms with E-state index in [0.717, 1.165) is 18.9 Å². The van der Waals surface area contributed by atoms with Crippen LogP contribution in [0.25, 0.3) is 0 Å². The summed E-state index contributed by atoms with van der Waals surface area (Å²) in [6, 6.07) is 5.03. The van der Waals surface area contributed by atoms with Gasteiger partial charge in [0.25, 0.3) is 0 Å². The Morgan fingerprint density at radius 3 is 2.94 bits per heavy atom. The quantitative estimate of drug-likeness (QED) is 0.497. The Kier molecular flexibility index (Phi) is 4.45. The summed E-state index contributed by atoms with van der Waals surface area (Å²) >= 11 is 4.22. The van der Waals surface area contributed by atoms with Gasteiger partial charge in [0.1, 0.15) is 0 Å². The van der Waals surface area contributed by atoms with Gasteiger partial charge in [-0.25, -0.2) is 0 Å². The summed E-state index contributed by atoms with van der Waals surface area (Å²) in [5, 5.41) is 6.71. The van der Waals surface area contributed by atoms with E-state index in [0.29, 0.717) is 6.04 Å². The summed E-state index contributed by atoms with van der Waals surface area (Å²) in [6.45, 7) is 0.947. The number of thiophene rings is 1. The highest BCUT2D eigenvalue weighted by atomic mass is 127. The zero-order chi connectivity index (χ0) is 11.4. The molecule has 0 spiro atoms. The smallest absolute Gasteiger partial charge is 0.191 e. The summed E-state index contributed by atoms with van der Waals surface area (Å²) in [5.74, 6) is 0.939. The minimum absolute atomic E-state index is 0.661. The molecule has 88 valence electrons. The summed E-state index contributed by atoms with van der Waals surface area (Å²) in [7, 11) is 1.83. The number of guanidine groups is 1. The standard InChI is InChI=1S/C11H16IN3S/c1-13-11(15-8-2-3-8)14-7-6-9-4-5-10(12)16-9/h4-5,8H,2-3,6-7H2,1H3,(H2,13,14,15). The number of hydrogen-bond donors (Lipinski definition) is 2. The molecule has 16 heavy (non-hydrogen) atoms. The molecule has 0 saturated heterocycles. The van der Waals surface area contributed by atoms with Crippen molar-refractivity contribution in [3.05, 3.63) is 19.9 Å². The van der Waals surface area contributed by atoms with Crippen LogP contribution in [0.3, 0.4) is 0 Å². The molecule has 0 radical (unpaired) electrons. The molecule has 2 rings (SSSR count). The third-order valence-electron chi connectivity index (χ3n) is 2.43. The topological polar surface area (TPSA) is 36.4 Å². The van der Waals surface area contributed by atoms with Gasteiger partial charge >= 0.3 is 0 Å². The molecule has 0 aliphatic heterocycles. The van der Waals surface area contributed by atoms with Gasteiger partial charge in [-0.15, -0.1) is 11.3 Å². The van der Waals surface area contributed by atoms with Crippen LogP contribution in [-0.2, 0) is 6.42 Å². The Morgan fingerprint density at radius 1 is 1.56 bits per heavy atom. The van der Waals surface area contributed by atoms with E-state index in [1.165, 1.54) is 20.6 Å². The fourth-order valence-electron chi connectivity index (χ4n) is 1.41. The van der Waals surface area contributed by atoms with Crippen molar-refractivity contribution < 1.29 is 0 Å². The first-order valence-corrected chi connectivity index (χ1v) is 7.39. The lowest BCUT2D eigenvalue weighted by molar-refractivity contribution is 0.796. The molecule has 1 aliphatic rings. The normalized spacial score (nSPS) is 16.2. The number of hydrogen-bond acceptors (Lipinski definition) is 2. The van der Waals surface area contributed by atoms with Crippen molar-refractivity contribution in [2.24, 2.45) is 4.99 Å². The predicted octanol–water partition coefficient (Wildman–Crippen LogP) is 2.22. The van der Waals surface area contributed by atoms with E-state index in [1.807, 2.05) is 18.4 Å². The number of nitrogens with zero attached hydrogens (tertiary/aromatic N) is 1. The molecular formula is C11H16IN3S. The molecule has 0 amide bonds. The van der Waals surface area contributed by atoms with Crippen LogP contribution in [0.4, 0.5) is 0 Å². The molecular weight excluding hydrogens is 333 g/mol. The summed E-state index contributed by atoms with van der Waals surface area (Å²) in [4.78, 5) is 5.63. The first-order valence-electron chi connectivity index (χ1n) is 5.49. The van der Waals surface area contributed by atoms with Crippen molar-refractivity contribution in [2.45, 2.75) is 25.3 Å². The van der Waals surface area contributed by atoms with Crippen molar-refractivity contribution in [1.29, 1.82) is 0 Å². The Balaban J connectivity index is 1.69. The second-order valence-electron chi connectivity index (χ2n) is 3.87. The fourth-order valence-corrected chi connectivity index (χ4v) is 3.16. The molecule has 5 heteroatoms. The fraction of sp³-hybridized carbons (Fsp3) is 0.545. The number of nitrogens with one attached hydrogen (secondary N) is 2. The summed E-state index contributed by atoms with van der Waals surface area (Å²) < 4.78 is 1.35. The Bertz CT molecular complexity index is 371. The molecule has 1 aromatic rings. The van der Waals surface area contributed by atoms with E-state index < -0.39 is 0 Å². The molecule has 1 aliphatic carbocycles. The lowest BCUT2D eigenvalue weighted by atomic mass is 10.3. The van der Waals surface area contributed by atoms with Crippen LogP contribution >= 0.6 is 33.9 Å². The lowest BCUT2D eigenvalue weighted by Crippen LogP contribution is -2.39. The van der Waals surface area contributed by atoms with Gasteiger partial charge in [-0.05, 0) is 54.0 Å². The minimum Gasteiger partial charge on any atom is -0.356 e. The summed E-state index contributed by atoms with van der Waals surface area (Å²) in [5.41, 5.74) is 0. The molecule has 1 heterocycles. The molecule has 0 bridgehead atoms. The SMILES string of the molecule is CN=C(NCCc1ccc(I)s1)NC1CC1. The minimum atomic E-state index is 0.661. The number of halogens is 1. The largest absolute Gasteiger partial charge is 0.356 e. The average molecular weight is 349 g/mol. The zero-order valence-corrected chi connectivity index (χ0v) is 12.3. The van der Waals surface area contributed by atoms with Crippen LogP contribution in [-0.4, -0.2) is 25.6 Å². The Morgan fingerprint density at radius 2 is 2.38 bits per heavy atom. The van der Waals surface area contributed by atoms with Gasteiger partial charge in [0.2, 0.25) is 0 Å². The third kappa shape index (κ3) is 3.93. The van der Waals surface area contributed by atoms with Crippen molar-refractivity contribution in [1.82, 2.24) is 10.6 Å². The number of aliphatic imine (C=N–C) groups is 1. The van der Waals surface area contributed by atoms with Crippen molar-refractivity contribution in [2.75, 3.05) is 13.6 Å². The molecule has 0 unspecified atom stereocenters. The van der Waals surface area contributed by atoms with Gasteiger partial charge < -0.3 is 10.6 Å². The first-order chi connectivity index (χ1) is 7.78.